The highest BCUT2D eigenvalue weighted by Crippen LogP contribution is 2.26. The quantitative estimate of drug-likeness (QED) is 0.343. The number of hydrogen-bond acceptors (Lipinski definition) is 8. The maximum atomic E-state index is 12.7. The maximum absolute atomic E-state index is 12.7. The molecule has 10 heteroatoms. The Morgan fingerprint density at radius 1 is 1.14 bits per heavy atom. The number of aromatic nitrogens is 1. The molecule has 0 radical (unpaired) electrons. The molecule has 1 N–H and O–H groups in total. The minimum absolute atomic E-state index is 0.0673. The van der Waals surface area contributed by atoms with E-state index in [2.05, 4.69) is 15.2 Å². The van der Waals surface area contributed by atoms with Crippen molar-refractivity contribution in [2.75, 3.05) is 52.5 Å². The number of rotatable bonds is 16. The molecule has 0 aliphatic heterocycles. The summed E-state index contributed by atoms with van der Waals surface area (Å²) in [5.74, 6) is -0.541. The molecule has 1 amide bonds. The van der Waals surface area contributed by atoms with Crippen LogP contribution in [-0.2, 0) is 25.5 Å². The smallest absolute Gasteiger partial charge is 0.297 e. The molecule has 194 valence electrons. The normalized spacial score (nSPS) is 14.1. The van der Waals surface area contributed by atoms with Crippen LogP contribution in [0.5, 0.6) is 5.75 Å². The number of hydrogen-bond donors (Lipinski definition) is 1. The summed E-state index contributed by atoms with van der Waals surface area (Å²) in [6.07, 6.45) is 1.57. The summed E-state index contributed by atoms with van der Waals surface area (Å²) >= 11 is 0. The van der Waals surface area contributed by atoms with Crippen LogP contribution in [0.4, 0.5) is 0 Å². The average molecular weight is 512 g/mol. The van der Waals surface area contributed by atoms with E-state index in [0.717, 1.165) is 13.1 Å². The van der Waals surface area contributed by atoms with Crippen LogP contribution in [0.2, 0.25) is 0 Å². The Morgan fingerprint density at radius 3 is 2.63 bits per heavy atom. The SMILES string of the molecule is [2H]C([2H])(OCCc1cccnc1C(=O)NCCN(CC)CC)C([2H])([2H])Oc1cccc(S(=O)(=O)OCC)c1C. The Labute approximate surface area is 214 Å². The number of pyridine rings is 1. The predicted molar refractivity (Wildman–Crippen MR) is 134 cm³/mol. The first-order valence-electron chi connectivity index (χ1n) is 13.6. The van der Waals surface area contributed by atoms with Gasteiger partial charge in [-0.1, -0.05) is 26.0 Å². The Balaban J connectivity index is 2.07. The molecular formula is C25H37N3O6S. The van der Waals surface area contributed by atoms with Crippen molar-refractivity contribution in [1.29, 1.82) is 0 Å². The van der Waals surface area contributed by atoms with Crippen LogP contribution in [0.15, 0.2) is 41.4 Å². The summed E-state index contributed by atoms with van der Waals surface area (Å²) < 4.78 is 72.7. The summed E-state index contributed by atoms with van der Waals surface area (Å²) in [7, 11) is -4.09. The van der Waals surface area contributed by atoms with Gasteiger partial charge in [0.25, 0.3) is 16.0 Å². The number of nitrogens with zero attached hydrogens (tertiary/aromatic N) is 2. The lowest BCUT2D eigenvalue weighted by Crippen LogP contribution is -2.35. The molecule has 0 atom stereocenters. The van der Waals surface area contributed by atoms with Crippen molar-refractivity contribution in [3.8, 4) is 5.75 Å². The fourth-order valence-electron chi connectivity index (χ4n) is 3.31. The first kappa shape index (κ1) is 22.9. The third kappa shape index (κ3) is 8.88. The van der Waals surface area contributed by atoms with Crippen LogP contribution >= 0.6 is 0 Å². The highest BCUT2D eigenvalue weighted by Gasteiger charge is 2.19. The van der Waals surface area contributed by atoms with E-state index in [0.29, 0.717) is 18.7 Å². The minimum atomic E-state index is -4.09. The second-order valence-corrected chi connectivity index (χ2v) is 9.02. The molecule has 1 aromatic heterocycles. The Bertz CT molecular complexity index is 1210. The van der Waals surface area contributed by atoms with Crippen LogP contribution in [0, 0.1) is 6.92 Å². The van der Waals surface area contributed by atoms with E-state index in [1.54, 1.807) is 12.1 Å². The van der Waals surface area contributed by atoms with Gasteiger partial charge in [-0.3, -0.25) is 14.0 Å². The average Bonchev–Trinajstić information content (AvgIpc) is 2.87. The lowest BCUT2D eigenvalue weighted by molar-refractivity contribution is 0.0936. The van der Waals surface area contributed by atoms with Crippen molar-refractivity contribution < 1.29 is 32.4 Å². The molecule has 35 heavy (non-hydrogen) atoms. The van der Waals surface area contributed by atoms with Gasteiger partial charge in [0, 0.05) is 24.8 Å². The van der Waals surface area contributed by atoms with Crippen LogP contribution in [0.3, 0.4) is 0 Å². The van der Waals surface area contributed by atoms with Gasteiger partial charge in [0.2, 0.25) is 0 Å². The lowest BCUT2D eigenvalue weighted by Gasteiger charge is -2.18. The van der Waals surface area contributed by atoms with Gasteiger partial charge in [0.05, 0.1) is 25.3 Å². The van der Waals surface area contributed by atoms with Crippen molar-refractivity contribution in [2.24, 2.45) is 0 Å². The first-order valence-corrected chi connectivity index (χ1v) is 13.0. The zero-order valence-electron chi connectivity index (χ0n) is 24.7. The Morgan fingerprint density at radius 2 is 1.91 bits per heavy atom. The zero-order chi connectivity index (χ0) is 29.3. The standard InChI is InChI=1S/C25H37N3O6S/c1-5-28(6-2)16-15-27-25(29)24-21(10-9-14-26-24)13-17-32-18-19-33-22-11-8-12-23(20(22)4)35(30,31)34-7-3/h8-12,14H,5-7,13,15-19H2,1-4H3,(H,27,29)/i18D2,19D2. The van der Waals surface area contributed by atoms with Gasteiger partial charge in [0.1, 0.15) is 22.9 Å². The molecule has 2 rings (SSSR count). The van der Waals surface area contributed by atoms with Gasteiger partial charge in [-0.15, -0.1) is 0 Å². The van der Waals surface area contributed by atoms with Gasteiger partial charge in [0.15, 0.2) is 0 Å². The van der Waals surface area contributed by atoms with Gasteiger partial charge < -0.3 is 19.7 Å². The summed E-state index contributed by atoms with van der Waals surface area (Å²) in [6.45, 7) is 3.60. The second-order valence-electron chi connectivity index (χ2n) is 7.44. The molecule has 0 unspecified atom stereocenters. The Hall–Kier alpha value is -2.53. The highest BCUT2D eigenvalue weighted by atomic mass is 32.2. The highest BCUT2D eigenvalue weighted by molar-refractivity contribution is 7.86. The topological polar surface area (TPSA) is 107 Å². The number of likely N-dealkylation sites (N-methyl/N-ethyl adjacent to an activating group) is 1. The summed E-state index contributed by atoms with van der Waals surface area (Å²) in [5, 5.41) is 2.84. The Kier molecular flexibility index (Phi) is 9.67. The van der Waals surface area contributed by atoms with Crippen molar-refractivity contribution in [1.82, 2.24) is 15.2 Å². The number of carbonyl (C=O) groups excluding carboxylic acids is 1. The second kappa shape index (κ2) is 14.8. The molecular weight excluding hydrogens is 470 g/mol. The van der Waals surface area contributed by atoms with E-state index in [-0.39, 0.29) is 47.4 Å². The number of carbonyl (C=O) groups is 1. The lowest BCUT2D eigenvalue weighted by atomic mass is 10.1. The molecule has 0 fully saturated rings. The van der Waals surface area contributed by atoms with Gasteiger partial charge in [-0.05, 0) is 57.1 Å². The van der Waals surface area contributed by atoms with Crippen LogP contribution in [0.25, 0.3) is 0 Å². The predicted octanol–water partition coefficient (Wildman–Crippen LogP) is 2.82. The molecule has 1 aromatic carbocycles. The molecule has 0 saturated heterocycles. The first-order chi connectivity index (χ1) is 18.3. The van der Waals surface area contributed by atoms with Gasteiger partial charge in [-0.2, -0.15) is 8.42 Å². The molecule has 0 aliphatic carbocycles. The number of ether oxygens (including phenoxy) is 2. The third-order valence-corrected chi connectivity index (χ3v) is 6.77. The monoisotopic (exact) mass is 511 g/mol. The maximum Gasteiger partial charge on any atom is 0.297 e. The van der Waals surface area contributed by atoms with Crippen LogP contribution in [0.1, 0.15) is 47.9 Å². The van der Waals surface area contributed by atoms with E-state index in [1.807, 2.05) is 13.8 Å². The molecule has 1 heterocycles. The van der Waals surface area contributed by atoms with E-state index in [4.69, 9.17) is 19.1 Å². The van der Waals surface area contributed by atoms with Crippen molar-refractivity contribution >= 4 is 16.0 Å². The fraction of sp³-hybridized carbons (Fsp3) is 0.520. The molecule has 2 aromatic rings. The van der Waals surface area contributed by atoms with E-state index >= 15 is 0 Å². The number of nitrogens with one attached hydrogen (secondary N) is 1. The fourth-order valence-corrected chi connectivity index (χ4v) is 4.47. The zero-order valence-corrected chi connectivity index (χ0v) is 21.5. The molecule has 0 spiro atoms. The molecule has 0 saturated carbocycles. The van der Waals surface area contributed by atoms with Gasteiger partial charge in [-0.25, -0.2) is 0 Å². The molecule has 0 bridgehead atoms. The third-order valence-electron chi connectivity index (χ3n) is 5.24. The minimum Gasteiger partial charge on any atom is -0.491 e. The van der Waals surface area contributed by atoms with Crippen LogP contribution < -0.4 is 10.1 Å². The molecule has 9 nitrogen and oxygen atoms in total. The van der Waals surface area contributed by atoms with E-state index < -0.39 is 23.2 Å². The summed E-state index contributed by atoms with van der Waals surface area (Å²) in [6, 6.07) is 7.28. The van der Waals surface area contributed by atoms with Crippen molar-refractivity contribution in [2.45, 2.75) is 39.0 Å². The number of amides is 1. The number of benzene rings is 1. The van der Waals surface area contributed by atoms with Gasteiger partial charge >= 0.3 is 0 Å². The molecule has 0 aliphatic rings. The van der Waals surface area contributed by atoms with Crippen molar-refractivity contribution in [3.63, 3.8) is 0 Å². The van der Waals surface area contributed by atoms with Crippen LogP contribution in [-0.4, -0.2) is 76.7 Å². The summed E-state index contributed by atoms with van der Waals surface area (Å²) in [5.41, 5.74) is 0.765. The largest absolute Gasteiger partial charge is 0.491 e. The summed E-state index contributed by atoms with van der Waals surface area (Å²) in [4.78, 5) is 18.8. The van der Waals surface area contributed by atoms with Crippen molar-refractivity contribution in [3.05, 3.63) is 53.3 Å². The van der Waals surface area contributed by atoms with E-state index in [9.17, 15) is 13.2 Å². The van der Waals surface area contributed by atoms with E-state index in [1.165, 1.54) is 38.2 Å².